The molecule has 2 rings (SSSR count). The van der Waals surface area contributed by atoms with Gasteiger partial charge in [-0.2, -0.15) is 0 Å². The molecule has 2 nitrogen and oxygen atoms in total. The first-order valence-electron chi connectivity index (χ1n) is 5.77. The molecule has 0 atom stereocenters. The van der Waals surface area contributed by atoms with Gasteiger partial charge in [0, 0.05) is 16.0 Å². The fraction of sp³-hybridized carbons (Fsp3) is 0.462. The zero-order chi connectivity index (χ0) is 12.3. The molecule has 0 aromatic heterocycles. The maximum Gasteiger partial charge on any atom is 0.173 e. The van der Waals surface area contributed by atoms with E-state index >= 15 is 0 Å². The van der Waals surface area contributed by atoms with Crippen molar-refractivity contribution in [1.29, 1.82) is 0 Å². The molecular weight excluding hydrogens is 259 g/mol. The van der Waals surface area contributed by atoms with Gasteiger partial charge in [-0.05, 0) is 31.0 Å². The topological polar surface area (TPSA) is 26.3 Å². The summed E-state index contributed by atoms with van der Waals surface area (Å²) in [6, 6.07) is 4.96. The van der Waals surface area contributed by atoms with Crippen LogP contribution in [-0.2, 0) is 4.79 Å². The minimum Gasteiger partial charge on any atom is -0.486 e. The average molecular weight is 273 g/mol. The Kier molecular flexibility index (Phi) is 4.30. The summed E-state index contributed by atoms with van der Waals surface area (Å²) >= 11 is 11.7. The third-order valence-electron chi connectivity index (χ3n) is 3.03. The van der Waals surface area contributed by atoms with Crippen LogP contribution < -0.4 is 4.74 Å². The molecule has 0 spiro atoms. The Morgan fingerprint density at radius 3 is 2.35 bits per heavy atom. The van der Waals surface area contributed by atoms with E-state index < -0.39 is 0 Å². The summed E-state index contributed by atoms with van der Waals surface area (Å²) in [5, 5.41) is 1.03. The standard InChI is InChI=1S/C13H14Cl2O2/c14-10-5-11(15)7-12(6-10)17-8-13(16)9-3-1-2-4-9/h5-7,9H,1-4,8H2. The number of benzene rings is 1. The molecule has 17 heavy (non-hydrogen) atoms. The molecule has 1 aromatic rings. The molecule has 0 saturated heterocycles. The second kappa shape index (κ2) is 5.74. The van der Waals surface area contributed by atoms with Crippen LogP contribution >= 0.6 is 23.2 Å². The first-order valence-corrected chi connectivity index (χ1v) is 6.52. The van der Waals surface area contributed by atoms with E-state index in [0.29, 0.717) is 15.8 Å². The molecule has 1 aliphatic carbocycles. The Balaban J connectivity index is 1.90. The Hall–Kier alpha value is -0.730. The maximum atomic E-state index is 11.8. The molecule has 0 heterocycles. The van der Waals surface area contributed by atoms with Crippen molar-refractivity contribution in [3.05, 3.63) is 28.2 Å². The summed E-state index contributed by atoms with van der Waals surface area (Å²) in [7, 11) is 0. The molecule has 0 aliphatic heterocycles. The van der Waals surface area contributed by atoms with E-state index in [1.54, 1.807) is 18.2 Å². The monoisotopic (exact) mass is 272 g/mol. The van der Waals surface area contributed by atoms with E-state index in [0.717, 1.165) is 25.7 Å². The quantitative estimate of drug-likeness (QED) is 0.824. The van der Waals surface area contributed by atoms with E-state index in [1.807, 2.05) is 0 Å². The van der Waals surface area contributed by atoms with Crippen molar-refractivity contribution in [1.82, 2.24) is 0 Å². The van der Waals surface area contributed by atoms with Crippen molar-refractivity contribution in [3.8, 4) is 5.75 Å². The van der Waals surface area contributed by atoms with E-state index in [1.165, 1.54) is 0 Å². The summed E-state index contributed by atoms with van der Waals surface area (Å²) in [6.07, 6.45) is 4.30. The van der Waals surface area contributed by atoms with Crippen molar-refractivity contribution in [2.45, 2.75) is 25.7 Å². The molecule has 1 aliphatic rings. The summed E-state index contributed by atoms with van der Waals surface area (Å²) in [5.41, 5.74) is 0. The minimum atomic E-state index is 0.112. The first-order chi connectivity index (χ1) is 8.15. The molecule has 1 aromatic carbocycles. The van der Waals surface area contributed by atoms with Crippen molar-refractivity contribution in [2.75, 3.05) is 6.61 Å². The van der Waals surface area contributed by atoms with Gasteiger partial charge in [0.15, 0.2) is 5.78 Å². The van der Waals surface area contributed by atoms with Gasteiger partial charge < -0.3 is 4.74 Å². The molecule has 0 radical (unpaired) electrons. The van der Waals surface area contributed by atoms with E-state index in [-0.39, 0.29) is 18.3 Å². The van der Waals surface area contributed by atoms with Crippen molar-refractivity contribution in [2.24, 2.45) is 5.92 Å². The number of Topliss-reactive ketones (excluding diaryl/α,β-unsaturated/α-hetero) is 1. The predicted molar refractivity (Wildman–Crippen MR) is 68.9 cm³/mol. The van der Waals surface area contributed by atoms with Gasteiger partial charge in [0.2, 0.25) is 0 Å². The van der Waals surface area contributed by atoms with Crippen LogP contribution in [0.3, 0.4) is 0 Å². The van der Waals surface area contributed by atoms with Gasteiger partial charge in [-0.1, -0.05) is 36.0 Å². The molecule has 0 bridgehead atoms. The number of hydrogen-bond acceptors (Lipinski definition) is 2. The van der Waals surface area contributed by atoms with Gasteiger partial charge in [-0.3, -0.25) is 4.79 Å². The first kappa shape index (κ1) is 12.7. The number of ether oxygens (including phenoxy) is 1. The van der Waals surface area contributed by atoms with Gasteiger partial charge in [0.25, 0.3) is 0 Å². The second-order valence-corrected chi connectivity index (χ2v) is 5.21. The van der Waals surface area contributed by atoms with Crippen LogP contribution in [-0.4, -0.2) is 12.4 Å². The SMILES string of the molecule is O=C(COc1cc(Cl)cc(Cl)c1)C1CCCC1. The number of halogens is 2. The predicted octanol–water partition coefficient (Wildman–Crippen LogP) is 4.13. The average Bonchev–Trinajstić information content (AvgIpc) is 2.78. The van der Waals surface area contributed by atoms with Crippen LogP contribution in [0.5, 0.6) is 5.75 Å². The third-order valence-corrected chi connectivity index (χ3v) is 3.46. The molecule has 1 fully saturated rings. The normalized spacial score (nSPS) is 16.1. The van der Waals surface area contributed by atoms with Gasteiger partial charge in [-0.15, -0.1) is 0 Å². The molecule has 1 saturated carbocycles. The molecule has 92 valence electrons. The Labute approximate surface area is 111 Å². The lowest BCUT2D eigenvalue weighted by Crippen LogP contribution is -2.19. The maximum absolute atomic E-state index is 11.8. The van der Waals surface area contributed by atoms with Crippen LogP contribution in [0.15, 0.2) is 18.2 Å². The van der Waals surface area contributed by atoms with Crippen molar-refractivity contribution < 1.29 is 9.53 Å². The van der Waals surface area contributed by atoms with Crippen LogP contribution in [0.2, 0.25) is 10.0 Å². The largest absolute Gasteiger partial charge is 0.486 e. The molecular formula is C13H14Cl2O2. The Morgan fingerprint density at radius 2 is 1.76 bits per heavy atom. The smallest absolute Gasteiger partial charge is 0.173 e. The van der Waals surface area contributed by atoms with Crippen molar-refractivity contribution in [3.63, 3.8) is 0 Å². The van der Waals surface area contributed by atoms with Gasteiger partial charge in [0.05, 0.1) is 0 Å². The molecule has 0 unspecified atom stereocenters. The summed E-state index contributed by atoms with van der Waals surface area (Å²) in [6.45, 7) is 0.112. The minimum absolute atomic E-state index is 0.112. The fourth-order valence-corrected chi connectivity index (χ4v) is 2.64. The summed E-state index contributed by atoms with van der Waals surface area (Å²) in [4.78, 5) is 11.8. The van der Waals surface area contributed by atoms with Crippen LogP contribution in [0.4, 0.5) is 0 Å². The highest BCUT2D eigenvalue weighted by molar-refractivity contribution is 6.34. The number of carbonyl (C=O) groups excluding carboxylic acids is 1. The van der Waals surface area contributed by atoms with Gasteiger partial charge in [-0.25, -0.2) is 0 Å². The highest BCUT2D eigenvalue weighted by Crippen LogP contribution is 2.27. The van der Waals surface area contributed by atoms with Crippen LogP contribution in [0, 0.1) is 5.92 Å². The van der Waals surface area contributed by atoms with Crippen molar-refractivity contribution >= 4 is 29.0 Å². The zero-order valence-corrected chi connectivity index (χ0v) is 10.9. The van der Waals surface area contributed by atoms with Gasteiger partial charge >= 0.3 is 0 Å². The second-order valence-electron chi connectivity index (χ2n) is 4.34. The fourth-order valence-electron chi connectivity index (χ4n) is 2.13. The Bertz CT molecular complexity index is 392. The Morgan fingerprint density at radius 1 is 1.18 bits per heavy atom. The van der Waals surface area contributed by atoms with E-state index in [2.05, 4.69) is 0 Å². The number of hydrogen-bond donors (Lipinski definition) is 0. The van der Waals surface area contributed by atoms with Crippen LogP contribution in [0.1, 0.15) is 25.7 Å². The van der Waals surface area contributed by atoms with E-state index in [4.69, 9.17) is 27.9 Å². The summed E-state index contributed by atoms with van der Waals surface area (Å²) < 4.78 is 5.42. The molecule has 0 amide bonds. The summed E-state index contributed by atoms with van der Waals surface area (Å²) in [5.74, 6) is 0.914. The molecule has 4 heteroatoms. The highest BCUT2D eigenvalue weighted by Gasteiger charge is 2.22. The number of ketones is 1. The lowest BCUT2D eigenvalue weighted by molar-refractivity contribution is -0.124. The van der Waals surface area contributed by atoms with E-state index in [9.17, 15) is 4.79 Å². The lowest BCUT2D eigenvalue weighted by atomic mass is 10.0. The number of carbonyl (C=O) groups is 1. The molecule has 0 N–H and O–H groups in total. The number of rotatable bonds is 4. The zero-order valence-electron chi connectivity index (χ0n) is 9.42. The highest BCUT2D eigenvalue weighted by atomic mass is 35.5. The lowest BCUT2D eigenvalue weighted by Gasteiger charge is -2.10. The third kappa shape index (κ3) is 3.62. The van der Waals surface area contributed by atoms with Gasteiger partial charge in [0.1, 0.15) is 12.4 Å². The van der Waals surface area contributed by atoms with Crippen LogP contribution in [0.25, 0.3) is 0 Å².